The highest BCUT2D eigenvalue weighted by Crippen LogP contribution is 2.36. The molecule has 0 bridgehead atoms. The van der Waals surface area contributed by atoms with Gasteiger partial charge in [0.2, 0.25) is 0 Å². The highest BCUT2D eigenvalue weighted by molar-refractivity contribution is 8.13. The molecule has 0 aromatic heterocycles. The van der Waals surface area contributed by atoms with E-state index < -0.39 is 39.9 Å². The quantitative estimate of drug-likeness (QED) is 0.139. The lowest BCUT2D eigenvalue weighted by atomic mass is 10.2. The van der Waals surface area contributed by atoms with E-state index in [1.807, 2.05) is 0 Å². The molecule has 0 amide bonds. The minimum atomic E-state index is -6.72. The van der Waals surface area contributed by atoms with Crippen molar-refractivity contribution < 1.29 is 60.9 Å². The molecular weight excluding hydrogens is 550 g/mol. The van der Waals surface area contributed by atoms with E-state index in [1.165, 1.54) is 62.8 Å². The number of nitrogens with zero attached hydrogens (tertiary/aromatic N) is 2. The first kappa shape index (κ1) is 34.5. The van der Waals surface area contributed by atoms with Gasteiger partial charge in [0.15, 0.2) is 20.0 Å². The molecule has 18 heteroatoms. The maximum absolute atomic E-state index is 11.4. The fraction of sp³-hybridized carbons (Fsp3) is 1.00. The number of sulfonamides is 2. The van der Waals surface area contributed by atoms with E-state index in [0.717, 1.165) is 16.6 Å². The Kier molecular flexibility index (Phi) is 13.7. The SMILES string of the molecule is CCCC[N+]1(CCCC[Si](OC)(OC)OC)CCCC1.O=S(=O)([N-]S(=O)(=O)C(F)(F)F)C(F)(F)F. The van der Waals surface area contributed by atoms with Crippen molar-refractivity contribution in [2.24, 2.45) is 0 Å². The van der Waals surface area contributed by atoms with E-state index in [0.29, 0.717) is 0 Å². The van der Waals surface area contributed by atoms with Gasteiger partial charge in [-0.3, -0.25) is 0 Å². The molecule has 1 saturated heterocycles. The molecule has 0 atom stereocenters. The zero-order valence-corrected chi connectivity index (χ0v) is 22.7. The standard InChI is InChI=1S/C15H34NO3Si.C2F6NO4S2/c1-5-6-11-16(12-7-8-13-16)14-9-10-15-20(17-2,18-3)19-4;3-1(4,5)14(10,11)9-15(12,13)2(6,7)8/h5-15H2,1-4H3;/q+1;-1. The summed E-state index contributed by atoms with van der Waals surface area (Å²) in [6, 6.07) is 0.935. The number of halogens is 6. The topological polar surface area (TPSA) is 110 Å². The van der Waals surface area contributed by atoms with Gasteiger partial charge in [0.1, 0.15) is 0 Å². The lowest BCUT2D eigenvalue weighted by molar-refractivity contribution is -0.917. The third kappa shape index (κ3) is 10.8. The van der Waals surface area contributed by atoms with Crippen LogP contribution in [0.2, 0.25) is 6.04 Å². The van der Waals surface area contributed by atoms with Gasteiger partial charge in [-0.1, -0.05) is 13.3 Å². The second-order valence-corrected chi connectivity index (χ2v) is 14.5. The Labute approximate surface area is 204 Å². The number of rotatable bonds is 13. The van der Waals surface area contributed by atoms with Gasteiger partial charge in [0, 0.05) is 40.2 Å². The van der Waals surface area contributed by atoms with Gasteiger partial charge in [-0.05, 0) is 19.3 Å². The van der Waals surface area contributed by atoms with Crippen molar-refractivity contribution in [1.82, 2.24) is 0 Å². The van der Waals surface area contributed by atoms with Crippen LogP contribution in [0.25, 0.3) is 4.13 Å². The molecule has 212 valence electrons. The molecule has 0 radical (unpaired) electrons. The normalized spacial score (nSPS) is 17.2. The minimum absolute atomic E-state index is 0.778. The van der Waals surface area contributed by atoms with E-state index in [2.05, 4.69) is 6.92 Å². The highest BCUT2D eigenvalue weighted by atomic mass is 32.3. The summed E-state index contributed by atoms with van der Waals surface area (Å²) in [6.07, 6.45) is 7.91. The number of hydrogen-bond acceptors (Lipinski definition) is 7. The van der Waals surface area contributed by atoms with Crippen LogP contribution < -0.4 is 0 Å². The van der Waals surface area contributed by atoms with Crippen LogP contribution in [0.5, 0.6) is 0 Å². The van der Waals surface area contributed by atoms with Crippen LogP contribution in [0.4, 0.5) is 26.3 Å². The Morgan fingerprint density at radius 2 is 1.17 bits per heavy atom. The first-order valence-corrected chi connectivity index (χ1v) is 15.5. The van der Waals surface area contributed by atoms with E-state index in [9.17, 15) is 43.2 Å². The van der Waals surface area contributed by atoms with Crippen molar-refractivity contribution in [3.8, 4) is 0 Å². The zero-order valence-electron chi connectivity index (χ0n) is 20.1. The summed E-state index contributed by atoms with van der Waals surface area (Å²) in [5.74, 6) is 0. The molecule has 0 unspecified atom stereocenters. The lowest BCUT2D eigenvalue weighted by Crippen LogP contribution is -2.47. The highest BCUT2D eigenvalue weighted by Gasteiger charge is 2.47. The van der Waals surface area contributed by atoms with E-state index in [4.69, 9.17) is 13.3 Å². The van der Waals surface area contributed by atoms with Crippen LogP contribution in [-0.2, 0) is 33.3 Å². The molecule has 9 nitrogen and oxygen atoms in total. The molecule has 0 saturated carbocycles. The summed E-state index contributed by atoms with van der Waals surface area (Å²) in [6.45, 7) is 7.77. The van der Waals surface area contributed by atoms with Crippen LogP contribution in [0.1, 0.15) is 45.4 Å². The molecule has 0 aromatic rings. The number of likely N-dealkylation sites (tertiary alicyclic amines) is 1. The van der Waals surface area contributed by atoms with Crippen molar-refractivity contribution in [1.29, 1.82) is 0 Å². The Morgan fingerprint density at radius 1 is 0.771 bits per heavy atom. The maximum Gasteiger partial charge on any atom is 0.500 e. The summed E-state index contributed by atoms with van der Waals surface area (Å²) < 4.78 is 127. The molecule has 1 aliphatic heterocycles. The van der Waals surface area contributed by atoms with Crippen molar-refractivity contribution in [2.75, 3.05) is 47.5 Å². The van der Waals surface area contributed by atoms with E-state index in [1.54, 1.807) is 21.3 Å². The Balaban J connectivity index is 0.000000691. The molecule has 1 aliphatic rings. The van der Waals surface area contributed by atoms with Gasteiger partial charge in [-0.25, -0.2) is 16.8 Å². The molecule has 0 aliphatic carbocycles. The van der Waals surface area contributed by atoms with Gasteiger partial charge < -0.3 is 21.9 Å². The van der Waals surface area contributed by atoms with Crippen molar-refractivity contribution in [3.63, 3.8) is 0 Å². The molecule has 1 rings (SSSR count). The largest absolute Gasteiger partial charge is 0.500 e. The number of alkyl halides is 6. The predicted molar refractivity (Wildman–Crippen MR) is 118 cm³/mol. The third-order valence-corrected chi connectivity index (χ3v) is 11.2. The molecular formula is C17H34F6N2O7S2Si. The van der Waals surface area contributed by atoms with E-state index in [-0.39, 0.29) is 0 Å². The first-order valence-electron chi connectivity index (χ1n) is 10.7. The predicted octanol–water partition coefficient (Wildman–Crippen LogP) is 4.11. The molecule has 1 heterocycles. The summed E-state index contributed by atoms with van der Waals surface area (Å²) in [7, 11) is -10.7. The maximum atomic E-state index is 11.4. The van der Waals surface area contributed by atoms with Crippen LogP contribution in [-0.4, -0.2) is 88.6 Å². The van der Waals surface area contributed by atoms with Gasteiger partial charge in [-0.2, -0.15) is 26.3 Å². The van der Waals surface area contributed by atoms with Gasteiger partial charge in [0.05, 0.1) is 26.2 Å². The molecule has 1 fully saturated rings. The van der Waals surface area contributed by atoms with Crippen molar-refractivity contribution >= 4 is 28.9 Å². The first-order chi connectivity index (χ1) is 15.9. The summed E-state index contributed by atoms with van der Waals surface area (Å²) in [4.78, 5) is 0. The second-order valence-electron chi connectivity index (χ2n) is 7.97. The van der Waals surface area contributed by atoms with Crippen LogP contribution >= 0.6 is 0 Å². The third-order valence-electron chi connectivity index (χ3n) is 5.58. The smallest absolute Gasteiger partial charge is 0.421 e. The Morgan fingerprint density at radius 3 is 1.51 bits per heavy atom. The van der Waals surface area contributed by atoms with Crippen molar-refractivity contribution in [2.45, 2.75) is 62.5 Å². The second kappa shape index (κ2) is 13.9. The van der Waals surface area contributed by atoms with E-state index >= 15 is 0 Å². The lowest BCUT2D eigenvalue weighted by Gasteiger charge is -2.34. The summed E-state index contributed by atoms with van der Waals surface area (Å²) >= 11 is 0. The van der Waals surface area contributed by atoms with Gasteiger partial charge in [-0.15, -0.1) is 0 Å². The van der Waals surface area contributed by atoms with Crippen molar-refractivity contribution in [3.05, 3.63) is 4.13 Å². The molecule has 0 aromatic carbocycles. The molecule has 35 heavy (non-hydrogen) atoms. The summed E-state index contributed by atoms with van der Waals surface area (Å²) in [5, 5.41) is 0. The summed E-state index contributed by atoms with van der Waals surface area (Å²) in [5.41, 5.74) is -12.4. The number of unbranched alkanes of at least 4 members (excludes halogenated alkanes) is 2. The van der Waals surface area contributed by atoms with Crippen LogP contribution in [0.15, 0.2) is 0 Å². The minimum Gasteiger partial charge on any atom is -0.421 e. The van der Waals surface area contributed by atoms with Crippen LogP contribution in [0.3, 0.4) is 0 Å². The number of quaternary nitrogens is 1. The Bertz CT molecular complexity index is 779. The molecule has 0 N–H and O–H groups in total. The number of hydrogen-bond donors (Lipinski definition) is 0. The fourth-order valence-corrected chi connectivity index (χ4v) is 7.12. The van der Waals surface area contributed by atoms with Crippen LogP contribution in [0, 0.1) is 0 Å². The Hall–Kier alpha value is -0.503. The monoisotopic (exact) mass is 584 g/mol. The van der Waals surface area contributed by atoms with Gasteiger partial charge in [0.25, 0.3) is 0 Å². The van der Waals surface area contributed by atoms with Gasteiger partial charge >= 0.3 is 19.8 Å². The average molecular weight is 585 g/mol. The zero-order chi connectivity index (χ0) is 27.6. The average Bonchev–Trinajstić information content (AvgIpc) is 3.20. The fourth-order valence-electron chi connectivity index (χ4n) is 3.62. The molecule has 0 spiro atoms.